The quantitative estimate of drug-likeness (QED) is 0.0294. The van der Waals surface area contributed by atoms with E-state index in [0.29, 0.717) is 5.39 Å². The molecule has 0 amide bonds. The molecule has 4 rings (SSSR count). The van der Waals surface area contributed by atoms with Crippen LogP contribution in [0.4, 0.5) is 11.4 Å². The van der Waals surface area contributed by atoms with Crippen LogP contribution in [0.5, 0.6) is 11.5 Å². The van der Waals surface area contributed by atoms with Gasteiger partial charge in [0.15, 0.2) is 6.29 Å². The van der Waals surface area contributed by atoms with Crippen LogP contribution in [-0.2, 0) is 47.0 Å². The van der Waals surface area contributed by atoms with Crippen LogP contribution < -0.4 is 10.2 Å². The number of aliphatic imine (C=N–C) groups is 2. The van der Waals surface area contributed by atoms with Crippen molar-refractivity contribution in [2.45, 2.75) is 131 Å². The number of nitrogens with zero attached hydrogens (tertiary/aromatic N) is 2. The molecule has 0 aliphatic rings. The van der Waals surface area contributed by atoms with Crippen molar-refractivity contribution in [2.75, 3.05) is 0 Å². The van der Waals surface area contributed by atoms with Gasteiger partial charge < -0.3 is 10.2 Å². The molecule has 0 bridgehead atoms. The van der Waals surface area contributed by atoms with E-state index in [9.17, 15) is 19.8 Å². The van der Waals surface area contributed by atoms with Gasteiger partial charge in [0.2, 0.25) is 5.78 Å². The van der Waals surface area contributed by atoms with Gasteiger partial charge in [-0.25, -0.2) is 0 Å². The fraction of sp³-hybridized carbons (Fsp3) is 0.435. The van der Waals surface area contributed by atoms with Gasteiger partial charge in [0, 0.05) is 11.8 Å². The van der Waals surface area contributed by atoms with Crippen molar-refractivity contribution in [3.8, 4) is 11.5 Å². The summed E-state index contributed by atoms with van der Waals surface area (Å²) in [5.74, 6) is -1.99. The van der Waals surface area contributed by atoms with Gasteiger partial charge in [-0.3, -0.25) is 19.6 Å². The van der Waals surface area contributed by atoms with Gasteiger partial charge in [0.05, 0.1) is 17.1 Å². The number of hydrogen-bond donors (Lipinski definition) is 0. The minimum atomic E-state index is -0.711. The van der Waals surface area contributed by atoms with Crippen molar-refractivity contribution in [3.63, 3.8) is 0 Å². The number of benzene rings is 4. The molecule has 0 saturated carbocycles. The normalized spacial score (nSPS) is 11.3. The topological polar surface area (TPSA) is 105 Å². The first-order valence-corrected chi connectivity index (χ1v) is 19.5. The van der Waals surface area contributed by atoms with Crippen LogP contribution in [0.15, 0.2) is 76.7 Å². The third-order valence-corrected chi connectivity index (χ3v) is 9.33. The van der Waals surface area contributed by atoms with E-state index in [0.717, 1.165) is 49.2 Å². The first kappa shape index (κ1) is 45.1. The summed E-state index contributed by atoms with van der Waals surface area (Å²) in [6.07, 6.45) is 20.1. The summed E-state index contributed by atoms with van der Waals surface area (Å²) in [7, 11) is 0. The minimum Gasteiger partial charge on any atom is -0.873 e. The van der Waals surface area contributed by atoms with Gasteiger partial charge in [0.25, 0.3) is 0 Å². The predicted octanol–water partition coefficient (Wildman–Crippen LogP) is 11.1. The van der Waals surface area contributed by atoms with Crippen molar-refractivity contribution in [1.82, 2.24) is 0 Å². The number of fused-ring (bicyclic) bond motifs is 1. The van der Waals surface area contributed by atoms with Crippen LogP contribution in [0.3, 0.4) is 0 Å². The van der Waals surface area contributed by atoms with Crippen LogP contribution in [0.25, 0.3) is 10.8 Å². The zero-order valence-corrected chi connectivity index (χ0v) is 33.4. The van der Waals surface area contributed by atoms with E-state index < -0.39 is 17.3 Å². The molecule has 0 atom stereocenters. The summed E-state index contributed by atoms with van der Waals surface area (Å²) in [6, 6.07) is 20.7. The molecule has 7 heteroatoms. The minimum absolute atomic E-state index is 0. The van der Waals surface area contributed by atoms with E-state index >= 15 is 0 Å². The maximum atomic E-state index is 11.5. The Labute approximate surface area is 328 Å². The van der Waals surface area contributed by atoms with Gasteiger partial charge in [0.1, 0.15) is 0 Å². The summed E-state index contributed by atoms with van der Waals surface area (Å²) in [6.45, 7) is 11.3. The molecule has 0 unspecified atom stereocenters. The standard InChI is InChI=1S/C34H52N2.C12H8O4.Ni/c1-6-11-16-28-21-23-32(25-30(28)18-13-8-3)35-27-34(20-15-10-5)36-33-24-22-29(17-12-7-2)31(26-33)19-14-9-4;13-6-11(15)8-2-1-7-3-4-10(14)12(16)9(7)5-8;/h21-27H,6-20H2,1-5H3;1-6,14,16H;/q;;+2/p-2. The Kier molecular flexibility index (Phi) is 21.3. The first-order chi connectivity index (χ1) is 25.3. The summed E-state index contributed by atoms with van der Waals surface area (Å²) in [5.41, 5.74) is 9.33. The van der Waals surface area contributed by atoms with Gasteiger partial charge in [-0.1, -0.05) is 103 Å². The molecule has 0 saturated heterocycles. The largest absolute Gasteiger partial charge is 2.00 e. The molecular weight excluding hydrogens is 703 g/mol. The van der Waals surface area contributed by atoms with Crippen LogP contribution in [0, 0.1) is 0 Å². The summed E-state index contributed by atoms with van der Waals surface area (Å²) >= 11 is 0. The summed E-state index contributed by atoms with van der Waals surface area (Å²) in [5, 5.41) is 23.3. The van der Waals surface area contributed by atoms with Gasteiger partial charge >= 0.3 is 16.5 Å². The van der Waals surface area contributed by atoms with Crippen LogP contribution in [0.1, 0.15) is 138 Å². The first-order valence-electron chi connectivity index (χ1n) is 19.5. The third kappa shape index (κ3) is 14.7. The van der Waals surface area contributed by atoms with E-state index in [-0.39, 0.29) is 33.7 Å². The average Bonchev–Trinajstić information content (AvgIpc) is 3.17. The number of aldehydes is 1. The van der Waals surface area contributed by atoms with E-state index in [1.807, 2.05) is 6.21 Å². The summed E-state index contributed by atoms with van der Waals surface area (Å²) < 4.78 is 0. The summed E-state index contributed by atoms with van der Waals surface area (Å²) in [4.78, 5) is 31.4. The Bertz CT molecular complexity index is 1800. The molecule has 0 aliphatic carbocycles. The molecule has 0 spiro atoms. The van der Waals surface area contributed by atoms with E-state index in [4.69, 9.17) is 9.98 Å². The Morgan fingerprint density at radius 1 is 0.623 bits per heavy atom. The Morgan fingerprint density at radius 3 is 1.68 bits per heavy atom. The van der Waals surface area contributed by atoms with Crippen LogP contribution in [-0.4, -0.2) is 24.0 Å². The monoisotopic (exact) mass is 760 g/mol. The molecular formula is C46H58N2NiO4. The second-order valence-corrected chi connectivity index (χ2v) is 13.6. The van der Waals surface area contributed by atoms with Gasteiger partial charge in [-0.2, -0.15) is 0 Å². The van der Waals surface area contributed by atoms with Crippen molar-refractivity contribution in [2.24, 2.45) is 9.98 Å². The molecule has 286 valence electrons. The Morgan fingerprint density at radius 2 is 1.13 bits per heavy atom. The van der Waals surface area contributed by atoms with Crippen molar-refractivity contribution in [3.05, 3.63) is 94.5 Å². The Balaban J connectivity index is 0.000000474. The van der Waals surface area contributed by atoms with Crippen molar-refractivity contribution >= 4 is 46.1 Å². The molecule has 0 aromatic heterocycles. The SMILES string of the molecule is CCCCC(C=Nc1ccc(CCCC)c(CCCC)c1)=Nc1ccc(CCCC)c(CCCC)c1.O=CC(=O)c1ccc2ccc([O-])c([O-])c2c1.[Ni+2]. The fourth-order valence-electron chi connectivity index (χ4n) is 6.11. The van der Waals surface area contributed by atoms with Crippen LogP contribution in [0.2, 0.25) is 0 Å². The number of hydrogen-bond acceptors (Lipinski definition) is 6. The maximum absolute atomic E-state index is 11.5. The number of unbranched alkanes of at least 4 members (excludes halogenated alkanes) is 5. The fourth-order valence-corrected chi connectivity index (χ4v) is 6.11. The number of ketones is 1. The van der Waals surface area contributed by atoms with Crippen LogP contribution >= 0.6 is 0 Å². The van der Waals surface area contributed by atoms with Gasteiger partial charge in [-0.05, 0) is 128 Å². The number of Topliss-reactive ketones (excluding diaryl/α,β-unsaturated/α-hetero) is 1. The predicted molar refractivity (Wildman–Crippen MR) is 215 cm³/mol. The van der Waals surface area contributed by atoms with Gasteiger partial charge in [-0.15, -0.1) is 11.5 Å². The number of rotatable bonds is 20. The second kappa shape index (κ2) is 25.0. The maximum Gasteiger partial charge on any atom is 2.00 e. The molecule has 6 nitrogen and oxygen atoms in total. The molecule has 4 aromatic rings. The molecule has 0 aliphatic heterocycles. The van der Waals surface area contributed by atoms with E-state index in [2.05, 4.69) is 71.0 Å². The van der Waals surface area contributed by atoms with Crippen molar-refractivity contribution < 1.29 is 36.3 Å². The smallest absolute Gasteiger partial charge is 0.873 e. The number of carbonyl (C=O) groups is 2. The Hall–Kier alpha value is -4.09. The zero-order valence-electron chi connectivity index (χ0n) is 32.5. The van der Waals surface area contributed by atoms with E-state index in [1.54, 1.807) is 0 Å². The molecule has 0 fully saturated rings. The number of carbonyl (C=O) groups excluding carboxylic acids is 2. The van der Waals surface area contributed by atoms with Crippen molar-refractivity contribution in [1.29, 1.82) is 0 Å². The molecule has 0 radical (unpaired) electrons. The molecule has 4 aromatic carbocycles. The molecule has 0 N–H and O–H groups in total. The average molecular weight is 762 g/mol. The molecule has 0 heterocycles. The second-order valence-electron chi connectivity index (χ2n) is 13.6. The third-order valence-electron chi connectivity index (χ3n) is 9.33. The zero-order chi connectivity index (χ0) is 37.7. The van der Waals surface area contributed by atoms with E-state index in [1.165, 1.54) is 117 Å². The molecule has 53 heavy (non-hydrogen) atoms. The number of aryl methyl sites for hydroxylation is 4.